The molecular formula is C13H11BrFN3O. The molecule has 19 heavy (non-hydrogen) atoms. The lowest BCUT2D eigenvalue weighted by atomic mass is 10.2. The zero-order valence-corrected chi connectivity index (χ0v) is 11.7. The number of nitrogen functional groups attached to an aromatic ring is 1. The van der Waals surface area contributed by atoms with Gasteiger partial charge in [-0.05, 0) is 40.2 Å². The molecule has 1 amide bonds. The van der Waals surface area contributed by atoms with Gasteiger partial charge in [0.2, 0.25) is 0 Å². The smallest absolute Gasteiger partial charge is 0.259 e. The number of aromatic nitrogens is 1. The van der Waals surface area contributed by atoms with Crippen LogP contribution in [0.5, 0.6) is 0 Å². The van der Waals surface area contributed by atoms with Gasteiger partial charge in [0.05, 0.1) is 23.1 Å². The summed E-state index contributed by atoms with van der Waals surface area (Å²) >= 11 is 3.18. The van der Waals surface area contributed by atoms with Crippen molar-refractivity contribution in [1.82, 2.24) is 4.98 Å². The minimum atomic E-state index is -0.408. The number of amides is 1. The third-order valence-corrected chi connectivity index (χ3v) is 3.31. The van der Waals surface area contributed by atoms with Crippen LogP contribution in [0.25, 0.3) is 0 Å². The van der Waals surface area contributed by atoms with Crippen molar-refractivity contribution in [3.8, 4) is 0 Å². The van der Waals surface area contributed by atoms with Crippen LogP contribution >= 0.6 is 15.9 Å². The maximum absolute atomic E-state index is 13.0. The lowest BCUT2D eigenvalue weighted by Gasteiger charge is -2.19. The van der Waals surface area contributed by atoms with E-state index in [2.05, 4.69) is 20.9 Å². The summed E-state index contributed by atoms with van der Waals surface area (Å²) in [5.74, 6) is -0.695. The topological polar surface area (TPSA) is 59.2 Å². The molecule has 0 atom stereocenters. The van der Waals surface area contributed by atoms with Crippen LogP contribution in [0.4, 0.5) is 15.8 Å². The van der Waals surface area contributed by atoms with Crippen molar-refractivity contribution in [3.05, 3.63) is 52.5 Å². The summed E-state index contributed by atoms with van der Waals surface area (Å²) in [6, 6.07) is 5.55. The minimum Gasteiger partial charge on any atom is -0.396 e. The monoisotopic (exact) mass is 323 g/mol. The number of carbonyl (C=O) groups is 1. The molecule has 0 saturated carbocycles. The average molecular weight is 324 g/mol. The van der Waals surface area contributed by atoms with Gasteiger partial charge in [0.25, 0.3) is 5.91 Å². The van der Waals surface area contributed by atoms with E-state index in [1.54, 1.807) is 19.3 Å². The zero-order chi connectivity index (χ0) is 14.0. The fraction of sp³-hybridized carbons (Fsp3) is 0.0769. The SMILES string of the molecule is CN(C(=O)c1ccc(F)cc1Br)c1ccncc1N. The van der Waals surface area contributed by atoms with Crippen molar-refractivity contribution in [3.63, 3.8) is 0 Å². The van der Waals surface area contributed by atoms with E-state index in [1.807, 2.05) is 0 Å². The summed E-state index contributed by atoms with van der Waals surface area (Å²) in [6.45, 7) is 0. The number of rotatable bonds is 2. The van der Waals surface area contributed by atoms with Crippen molar-refractivity contribution in [1.29, 1.82) is 0 Å². The number of carbonyl (C=O) groups excluding carboxylic acids is 1. The van der Waals surface area contributed by atoms with Gasteiger partial charge in [-0.3, -0.25) is 9.78 Å². The molecule has 0 aliphatic rings. The van der Waals surface area contributed by atoms with Crippen molar-refractivity contribution in [2.24, 2.45) is 0 Å². The van der Waals surface area contributed by atoms with Crippen molar-refractivity contribution in [2.45, 2.75) is 0 Å². The van der Waals surface area contributed by atoms with Crippen molar-refractivity contribution >= 4 is 33.2 Å². The molecule has 0 unspecified atom stereocenters. The molecule has 1 aromatic heterocycles. The molecule has 0 saturated heterocycles. The molecule has 98 valence electrons. The second-order valence-electron chi connectivity index (χ2n) is 3.92. The molecule has 0 aliphatic carbocycles. The Morgan fingerprint density at radius 2 is 2.16 bits per heavy atom. The van der Waals surface area contributed by atoms with Crippen molar-refractivity contribution < 1.29 is 9.18 Å². The van der Waals surface area contributed by atoms with Crippen LogP contribution in [-0.4, -0.2) is 17.9 Å². The molecule has 0 fully saturated rings. The Hall–Kier alpha value is -1.95. The molecule has 6 heteroatoms. The van der Waals surface area contributed by atoms with Crippen LogP contribution in [0.2, 0.25) is 0 Å². The summed E-state index contributed by atoms with van der Waals surface area (Å²) in [6.07, 6.45) is 3.02. The predicted octanol–water partition coefficient (Wildman–Crippen LogP) is 2.84. The molecule has 1 heterocycles. The summed E-state index contributed by atoms with van der Waals surface area (Å²) < 4.78 is 13.4. The lowest BCUT2D eigenvalue weighted by Crippen LogP contribution is -2.27. The second-order valence-corrected chi connectivity index (χ2v) is 4.78. The fourth-order valence-electron chi connectivity index (χ4n) is 1.66. The van der Waals surface area contributed by atoms with E-state index >= 15 is 0 Å². The summed E-state index contributed by atoms with van der Waals surface area (Å²) in [5, 5.41) is 0. The van der Waals surface area contributed by atoms with Gasteiger partial charge in [-0.2, -0.15) is 0 Å². The Morgan fingerprint density at radius 3 is 2.79 bits per heavy atom. The first kappa shape index (κ1) is 13.5. The van der Waals surface area contributed by atoms with Crippen LogP contribution in [-0.2, 0) is 0 Å². The maximum Gasteiger partial charge on any atom is 0.259 e. The number of benzene rings is 1. The highest BCUT2D eigenvalue weighted by Crippen LogP contribution is 2.25. The first-order chi connectivity index (χ1) is 9.00. The first-order valence-electron chi connectivity index (χ1n) is 5.43. The van der Waals surface area contributed by atoms with Gasteiger partial charge >= 0.3 is 0 Å². The van der Waals surface area contributed by atoms with E-state index in [0.29, 0.717) is 21.4 Å². The van der Waals surface area contributed by atoms with Crippen LogP contribution in [0.3, 0.4) is 0 Å². The lowest BCUT2D eigenvalue weighted by molar-refractivity contribution is 0.0992. The quantitative estimate of drug-likeness (QED) is 0.924. The highest BCUT2D eigenvalue weighted by molar-refractivity contribution is 9.10. The normalized spacial score (nSPS) is 10.3. The van der Waals surface area contributed by atoms with E-state index in [1.165, 1.54) is 29.3 Å². The van der Waals surface area contributed by atoms with Gasteiger partial charge in [0.1, 0.15) is 5.82 Å². The third kappa shape index (κ3) is 2.73. The van der Waals surface area contributed by atoms with E-state index in [-0.39, 0.29) is 5.91 Å². The number of hydrogen-bond donors (Lipinski definition) is 1. The van der Waals surface area contributed by atoms with Gasteiger partial charge in [-0.15, -0.1) is 0 Å². The van der Waals surface area contributed by atoms with E-state index < -0.39 is 5.82 Å². The zero-order valence-electron chi connectivity index (χ0n) is 10.1. The van der Waals surface area contributed by atoms with Crippen LogP contribution in [0.15, 0.2) is 41.1 Å². The van der Waals surface area contributed by atoms with E-state index in [9.17, 15) is 9.18 Å². The molecule has 1 aromatic carbocycles. The molecule has 2 aromatic rings. The highest BCUT2D eigenvalue weighted by Gasteiger charge is 2.18. The van der Waals surface area contributed by atoms with E-state index in [0.717, 1.165) is 0 Å². The molecule has 0 spiro atoms. The summed E-state index contributed by atoms with van der Waals surface area (Å²) in [4.78, 5) is 17.6. The predicted molar refractivity (Wildman–Crippen MR) is 75.5 cm³/mol. The van der Waals surface area contributed by atoms with Gasteiger partial charge in [0.15, 0.2) is 0 Å². The van der Waals surface area contributed by atoms with Gasteiger partial charge < -0.3 is 10.6 Å². The number of pyridine rings is 1. The summed E-state index contributed by atoms with van der Waals surface area (Å²) in [5.41, 5.74) is 7.08. The Labute approximate surface area is 118 Å². The first-order valence-corrected chi connectivity index (χ1v) is 6.22. The largest absolute Gasteiger partial charge is 0.396 e. The average Bonchev–Trinajstić information content (AvgIpc) is 2.38. The number of hydrogen-bond acceptors (Lipinski definition) is 3. The van der Waals surface area contributed by atoms with Gasteiger partial charge in [-0.25, -0.2) is 4.39 Å². The van der Waals surface area contributed by atoms with Crippen LogP contribution in [0, 0.1) is 5.82 Å². The van der Waals surface area contributed by atoms with Crippen molar-refractivity contribution in [2.75, 3.05) is 17.7 Å². The molecule has 0 aliphatic heterocycles. The molecule has 4 nitrogen and oxygen atoms in total. The minimum absolute atomic E-state index is 0.287. The summed E-state index contributed by atoms with van der Waals surface area (Å²) in [7, 11) is 1.60. The number of nitrogens with zero attached hydrogens (tertiary/aromatic N) is 2. The Bertz CT molecular complexity index is 633. The third-order valence-electron chi connectivity index (χ3n) is 2.66. The molecule has 2 rings (SSSR count). The Balaban J connectivity index is 2.37. The van der Waals surface area contributed by atoms with Crippen LogP contribution < -0.4 is 10.6 Å². The molecule has 0 bridgehead atoms. The maximum atomic E-state index is 13.0. The number of nitrogens with two attached hydrogens (primary N) is 1. The standard InChI is InChI=1S/C13H11BrFN3O/c1-18(12-4-5-17-7-11(12)16)13(19)9-3-2-8(15)6-10(9)14/h2-7H,16H2,1H3. The van der Waals surface area contributed by atoms with E-state index in [4.69, 9.17) is 5.73 Å². The number of anilines is 2. The molecular weight excluding hydrogens is 313 g/mol. The van der Waals surface area contributed by atoms with Crippen LogP contribution in [0.1, 0.15) is 10.4 Å². The Morgan fingerprint density at radius 1 is 1.42 bits per heavy atom. The number of halogens is 2. The highest BCUT2D eigenvalue weighted by atomic mass is 79.9. The second kappa shape index (κ2) is 5.36. The molecule has 2 N–H and O–H groups in total. The Kier molecular flexibility index (Phi) is 3.80. The van der Waals surface area contributed by atoms with Gasteiger partial charge in [-0.1, -0.05) is 0 Å². The molecule has 0 radical (unpaired) electrons. The van der Waals surface area contributed by atoms with Gasteiger partial charge in [0, 0.05) is 17.7 Å². The fourth-order valence-corrected chi connectivity index (χ4v) is 2.18.